The topological polar surface area (TPSA) is 62.7 Å². The highest BCUT2D eigenvalue weighted by atomic mass is 32.2. The Hall–Kier alpha value is -2.47. The zero-order chi connectivity index (χ0) is 17.2. The van der Waals surface area contributed by atoms with Crippen molar-refractivity contribution in [3.05, 3.63) is 65.7 Å². The predicted molar refractivity (Wildman–Crippen MR) is 99.5 cm³/mol. The third-order valence-electron chi connectivity index (χ3n) is 3.27. The summed E-state index contributed by atoms with van der Waals surface area (Å²) in [5.41, 5.74) is 2.10. The Balaban J connectivity index is 1.84. The molecule has 0 bridgehead atoms. The van der Waals surface area contributed by atoms with Gasteiger partial charge >= 0.3 is 6.03 Å². The van der Waals surface area contributed by atoms with E-state index in [1.807, 2.05) is 60.9 Å². The van der Waals surface area contributed by atoms with Gasteiger partial charge in [0.1, 0.15) is 5.75 Å². The average Bonchev–Trinajstić information content (AvgIpc) is 2.64. The molecule has 0 aliphatic carbocycles. The molecule has 0 saturated carbocycles. The molecule has 0 atom stereocenters. The van der Waals surface area contributed by atoms with Crippen molar-refractivity contribution in [1.82, 2.24) is 10.6 Å². The van der Waals surface area contributed by atoms with Gasteiger partial charge in [0.2, 0.25) is 0 Å². The minimum Gasteiger partial charge on any atom is -0.497 e. The standard InChI is InChI=1S/C18H21N3O2S/c1-23-16-10-8-15(9-11-16)13-20-18(24-2)21-17(22)19-12-14-6-4-3-5-7-14/h3-11H,12-13H2,1-2H3,(H2,19,20,21,22). The predicted octanol–water partition coefficient (Wildman–Crippen LogP) is 3.41. The van der Waals surface area contributed by atoms with Crippen molar-refractivity contribution in [2.24, 2.45) is 4.99 Å². The number of nitrogens with one attached hydrogen (secondary N) is 2. The van der Waals surface area contributed by atoms with E-state index in [4.69, 9.17) is 4.74 Å². The number of rotatable bonds is 5. The number of carbonyl (C=O) groups excluding carboxylic acids is 1. The van der Waals surface area contributed by atoms with Crippen molar-refractivity contribution in [3.8, 4) is 5.75 Å². The molecule has 24 heavy (non-hydrogen) atoms. The fraction of sp³-hybridized carbons (Fsp3) is 0.222. The van der Waals surface area contributed by atoms with Crippen molar-refractivity contribution in [2.75, 3.05) is 13.4 Å². The van der Waals surface area contributed by atoms with Gasteiger partial charge in [-0.2, -0.15) is 0 Å². The van der Waals surface area contributed by atoms with Crippen LogP contribution in [0, 0.1) is 0 Å². The summed E-state index contributed by atoms with van der Waals surface area (Å²) in [4.78, 5) is 16.4. The summed E-state index contributed by atoms with van der Waals surface area (Å²) in [6.07, 6.45) is 1.88. The second-order valence-electron chi connectivity index (χ2n) is 4.97. The van der Waals surface area contributed by atoms with Gasteiger partial charge in [0.15, 0.2) is 5.17 Å². The normalized spacial score (nSPS) is 11.0. The summed E-state index contributed by atoms with van der Waals surface area (Å²) in [5, 5.41) is 6.16. The fourth-order valence-electron chi connectivity index (χ4n) is 1.97. The fourth-order valence-corrected chi connectivity index (χ4v) is 2.36. The summed E-state index contributed by atoms with van der Waals surface area (Å²) in [5.74, 6) is 0.811. The third kappa shape index (κ3) is 5.96. The molecule has 0 aliphatic heterocycles. The maximum atomic E-state index is 11.9. The number of urea groups is 1. The Bertz CT molecular complexity index is 672. The van der Waals surface area contributed by atoms with Gasteiger partial charge in [-0.05, 0) is 29.5 Å². The lowest BCUT2D eigenvalue weighted by molar-refractivity contribution is 0.245. The van der Waals surface area contributed by atoms with E-state index in [0.29, 0.717) is 18.3 Å². The molecule has 0 radical (unpaired) electrons. The van der Waals surface area contributed by atoms with Gasteiger partial charge in [-0.25, -0.2) is 4.79 Å². The van der Waals surface area contributed by atoms with Crippen molar-refractivity contribution in [3.63, 3.8) is 0 Å². The Morgan fingerprint density at radius 1 is 1.08 bits per heavy atom. The number of methoxy groups -OCH3 is 1. The summed E-state index contributed by atoms with van der Waals surface area (Å²) in [6.45, 7) is 0.978. The van der Waals surface area contributed by atoms with Crippen LogP contribution >= 0.6 is 11.8 Å². The van der Waals surface area contributed by atoms with Crippen LogP contribution < -0.4 is 15.4 Å². The summed E-state index contributed by atoms with van der Waals surface area (Å²) >= 11 is 1.40. The second kappa shape index (κ2) is 9.62. The first-order valence-corrected chi connectivity index (χ1v) is 8.74. The zero-order valence-corrected chi connectivity index (χ0v) is 14.6. The minimum atomic E-state index is -0.262. The van der Waals surface area contributed by atoms with Crippen LogP contribution in [0.1, 0.15) is 11.1 Å². The van der Waals surface area contributed by atoms with Gasteiger partial charge in [0, 0.05) is 6.54 Å². The van der Waals surface area contributed by atoms with Crippen LogP contribution in [0.4, 0.5) is 4.79 Å². The minimum absolute atomic E-state index is 0.262. The zero-order valence-electron chi connectivity index (χ0n) is 13.8. The van der Waals surface area contributed by atoms with E-state index in [-0.39, 0.29) is 6.03 Å². The molecule has 2 amide bonds. The van der Waals surface area contributed by atoms with Crippen LogP contribution in [0.25, 0.3) is 0 Å². The molecule has 0 saturated heterocycles. The molecule has 2 aromatic carbocycles. The van der Waals surface area contributed by atoms with Gasteiger partial charge in [-0.15, -0.1) is 0 Å². The lowest BCUT2D eigenvalue weighted by atomic mass is 10.2. The molecule has 0 fully saturated rings. The molecule has 5 nitrogen and oxygen atoms in total. The van der Waals surface area contributed by atoms with Crippen LogP contribution in [0.3, 0.4) is 0 Å². The highest BCUT2D eigenvalue weighted by Crippen LogP contribution is 2.12. The number of ether oxygens (including phenoxy) is 1. The van der Waals surface area contributed by atoms with Gasteiger partial charge in [-0.3, -0.25) is 10.3 Å². The highest BCUT2D eigenvalue weighted by Gasteiger charge is 2.04. The molecule has 0 heterocycles. The van der Waals surface area contributed by atoms with Gasteiger partial charge in [0.05, 0.1) is 13.7 Å². The quantitative estimate of drug-likeness (QED) is 0.646. The van der Waals surface area contributed by atoms with E-state index < -0.39 is 0 Å². The lowest BCUT2D eigenvalue weighted by Crippen LogP contribution is -2.37. The number of amides is 2. The number of hydrogen-bond acceptors (Lipinski definition) is 4. The van der Waals surface area contributed by atoms with E-state index in [1.54, 1.807) is 7.11 Å². The molecule has 126 valence electrons. The molecule has 0 aliphatic rings. The number of hydrogen-bond donors (Lipinski definition) is 2. The van der Waals surface area contributed by atoms with E-state index in [0.717, 1.165) is 16.9 Å². The lowest BCUT2D eigenvalue weighted by Gasteiger charge is -2.09. The Morgan fingerprint density at radius 3 is 2.42 bits per heavy atom. The van der Waals surface area contributed by atoms with Gasteiger partial charge in [-0.1, -0.05) is 54.2 Å². The van der Waals surface area contributed by atoms with Crippen LogP contribution in [0.5, 0.6) is 5.75 Å². The molecule has 2 rings (SSSR count). The van der Waals surface area contributed by atoms with Crippen molar-refractivity contribution < 1.29 is 9.53 Å². The van der Waals surface area contributed by atoms with E-state index >= 15 is 0 Å². The number of aliphatic imine (C=N–C) groups is 1. The Labute approximate surface area is 146 Å². The molecular weight excluding hydrogens is 322 g/mol. The first-order chi connectivity index (χ1) is 11.7. The first-order valence-electron chi connectivity index (χ1n) is 7.51. The largest absolute Gasteiger partial charge is 0.497 e. The molecule has 0 spiro atoms. The van der Waals surface area contributed by atoms with Crippen LogP contribution in [0.2, 0.25) is 0 Å². The summed E-state index contributed by atoms with van der Waals surface area (Å²) < 4.78 is 5.13. The number of nitrogens with zero attached hydrogens (tertiary/aromatic N) is 1. The number of thioether (sulfide) groups is 1. The van der Waals surface area contributed by atoms with E-state index in [2.05, 4.69) is 15.6 Å². The highest BCUT2D eigenvalue weighted by molar-refractivity contribution is 8.13. The van der Waals surface area contributed by atoms with Gasteiger partial charge in [0.25, 0.3) is 0 Å². The summed E-state index contributed by atoms with van der Waals surface area (Å²) in [7, 11) is 1.64. The molecule has 2 N–H and O–H groups in total. The van der Waals surface area contributed by atoms with Crippen LogP contribution in [0.15, 0.2) is 59.6 Å². The Morgan fingerprint density at radius 2 is 1.79 bits per heavy atom. The molecule has 0 aromatic heterocycles. The average molecular weight is 343 g/mol. The smallest absolute Gasteiger partial charge is 0.321 e. The van der Waals surface area contributed by atoms with Crippen molar-refractivity contribution >= 4 is 23.0 Å². The monoisotopic (exact) mass is 343 g/mol. The van der Waals surface area contributed by atoms with Crippen LogP contribution in [-0.2, 0) is 13.1 Å². The molecule has 0 unspecified atom stereocenters. The number of carbonyl (C=O) groups is 1. The molecule has 6 heteroatoms. The molecule has 2 aromatic rings. The third-order valence-corrected chi connectivity index (χ3v) is 3.89. The Kier molecular flexibility index (Phi) is 7.17. The summed E-state index contributed by atoms with van der Waals surface area (Å²) in [6, 6.07) is 17.2. The molecular formula is C18H21N3O2S. The maximum Gasteiger partial charge on any atom is 0.321 e. The number of benzene rings is 2. The van der Waals surface area contributed by atoms with E-state index in [1.165, 1.54) is 11.8 Å². The maximum absolute atomic E-state index is 11.9. The van der Waals surface area contributed by atoms with Crippen LogP contribution in [-0.4, -0.2) is 24.6 Å². The first kappa shape index (κ1) is 17.9. The van der Waals surface area contributed by atoms with Crippen molar-refractivity contribution in [2.45, 2.75) is 13.1 Å². The van der Waals surface area contributed by atoms with Gasteiger partial charge < -0.3 is 10.1 Å². The SMILES string of the molecule is COc1ccc(CN=C(NC(=O)NCc2ccccc2)SC)cc1. The van der Waals surface area contributed by atoms with Crippen molar-refractivity contribution in [1.29, 1.82) is 0 Å². The number of amidine groups is 1. The second-order valence-corrected chi connectivity index (χ2v) is 5.76. The van der Waals surface area contributed by atoms with E-state index in [9.17, 15) is 4.79 Å².